The lowest BCUT2D eigenvalue weighted by Gasteiger charge is -2.06. The summed E-state index contributed by atoms with van der Waals surface area (Å²) in [5.74, 6) is 2.47. The average molecular weight is 230 g/mol. The maximum Gasteiger partial charge on any atom is 0.229 e. The maximum absolute atomic E-state index is 8.75. The van der Waals surface area contributed by atoms with E-state index in [1.165, 1.54) is 0 Å². The summed E-state index contributed by atoms with van der Waals surface area (Å²) in [5.41, 5.74) is 0. The van der Waals surface area contributed by atoms with Crippen molar-refractivity contribution in [1.82, 2.24) is 10.1 Å². The molecule has 0 aliphatic rings. The lowest BCUT2D eigenvalue weighted by molar-refractivity contribution is 0.289. The van der Waals surface area contributed by atoms with Gasteiger partial charge in [0.25, 0.3) is 0 Å². The summed E-state index contributed by atoms with van der Waals surface area (Å²) < 4.78 is 5.09. The smallest absolute Gasteiger partial charge is 0.229 e. The zero-order valence-corrected chi connectivity index (χ0v) is 10.3. The molecular weight excluding hydrogens is 212 g/mol. The molecule has 1 heterocycles. The van der Waals surface area contributed by atoms with Crippen molar-refractivity contribution in [2.24, 2.45) is 0 Å². The summed E-state index contributed by atoms with van der Waals surface area (Å²) >= 11 is 1.73. The molecule has 0 amide bonds. The van der Waals surface area contributed by atoms with Gasteiger partial charge in [0.05, 0.1) is 5.75 Å². The van der Waals surface area contributed by atoms with Crippen LogP contribution < -0.4 is 0 Å². The third-order valence-electron chi connectivity index (χ3n) is 2.01. The highest BCUT2D eigenvalue weighted by Crippen LogP contribution is 2.19. The van der Waals surface area contributed by atoms with Gasteiger partial charge in [-0.2, -0.15) is 16.7 Å². The summed E-state index contributed by atoms with van der Waals surface area (Å²) in [7, 11) is 0. The Morgan fingerprint density at radius 2 is 2.13 bits per heavy atom. The van der Waals surface area contributed by atoms with Crippen LogP contribution in [0.25, 0.3) is 0 Å². The Morgan fingerprint density at radius 3 is 2.67 bits per heavy atom. The maximum atomic E-state index is 8.75. The van der Waals surface area contributed by atoms with E-state index in [-0.39, 0.29) is 12.5 Å². The van der Waals surface area contributed by atoms with Crippen LogP contribution in [0.5, 0.6) is 0 Å². The van der Waals surface area contributed by atoms with Crippen molar-refractivity contribution in [2.75, 3.05) is 6.61 Å². The molecule has 15 heavy (non-hydrogen) atoms. The van der Waals surface area contributed by atoms with Gasteiger partial charge in [-0.3, -0.25) is 0 Å². The van der Waals surface area contributed by atoms with E-state index in [1.807, 2.05) is 13.8 Å². The molecule has 0 bridgehead atoms. The fourth-order valence-electron chi connectivity index (χ4n) is 1.04. The van der Waals surface area contributed by atoms with Crippen LogP contribution in [-0.4, -0.2) is 27.1 Å². The molecule has 86 valence electrons. The zero-order chi connectivity index (χ0) is 11.3. The molecule has 1 aromatic rings. The van der Waals surface area contributed by atoms with E-state index in [0.29, 0.717) is 11.1 Å². The first kappa shape index (κ1) is 12.5. The summed E-state index contributed by atoms with van der Waals surface area (Å²) in [5, 5.41) is 13.1. The van der Waals surface area contributed by atoms with Crippen molar-refractivity contribution in [3.05, 3.63) is 11.7 Å². The van der Waals surface area contributed by atoms with Crippen molar-refractivity contribution in [3.8, 4) is 0 Å². The normalized spacial score (nSPS) is 13.4. The van der Waals surface area contributed by atoms with Crippen LogP contribution in [-0.2, 0) is 5.75 Å². The van der Waals surface area contributed by atoms with Crippen LogP contribution in [0.4, 0.5) is 0 Å². The predicted molar refractivity (Wildman–Crippen MR) is 60.8 cm³/mol. The number of hydrogen-bond acceptors (Lipinski definition) is 5. The van der Waals surface area contributed by atoms with E-state index in [9.17, 15) is 0 Å². The van der Waals surface area contributed by atoms with Crippen LogP contribution in [0.1, 0.15) is 44.8 Å². The van der Waals surface area contributed by atoms with Gasteiger partial charge in [-0.05, 0) is 6.42 Å². The minimum Gasteiger partial charge on any atom is -0.396 e. The number of aromatic nitrogens is 2. The Hall–Kier alpha value is -0.550. The molecule has 0 radical (unpaired) electrons. The lowest BCUT2D eigenvalue weighted by Crippen LogP contribution is -2.00. The van der Waals surface area contributed by atoms with Gasteiger partial charge < -0.3 is 9.63 Å². The van der Waals surface area contributed by atoms with Gasteiger partial charge in [0.15, 0.2) is 5.82 Å². The first-order valence-electron chi connectivity index (χ1n) is 5.18. The van der Waals surface area contributed by atoms with Gasteiger partial charge in [-0.25, -0.2) is 0 Å². The third-order valence-corrected chi connectivity index (χ3v) is 3.24. The highest BCUT2D eigenvalue weighted by molar-refractivity contribution is 7.99. The Labute approximate surface area is 94.5 Å². The van der Waals surface area contributed by atoms with Crippen LogP contribution in [0.3, 0.4) is 0 Å². The second kappa shape index (κ2) is 6.12. The molecule has 0 aliphatic carbocycles. The summed E-state index contributed by atoms with van der Waals surface area (Å²) in [6.45, 7) is 6.37. The lowest BCUT2D eigenvalue weighted by atomic mass is 10.2. The molecule has 4 nitrogen and oxygen atoms in total. The van der Waals surface area contributed by atoms with Gasteiger partial charge in [-0.1, -0.05) is 25.9 Å². The topological polar surface area (TPSA) is 59.2 Å². The molecule has 0 spiro atoms. The fourth-order valence-corrected chi connectivity index (χ4v) is 1.87. The molecule has 1 atom stereocenters. The molecule has 0 fully saturated rings. The summed E-state index contributed by atoms with van der Waals surface area (Å²) in [6.07, 6.45) is 0.805. The quantitative estimate of drug-likeness (QED) is 0.811. The molecule has 0 saturated heterocycles. The first-order chi connectivity index (χ1) is 7.13. The summed E-state index contributed by atoms with van der Waals surface area (Å²) in [6, 6.07) is 0. The SMILES string of the molecule is CC(CCO)SCc1noc(C(C)C)n1. The number of thioether (sulfide) groups is 1. The van der Waals surface area contributed by atoms with E-state index in [1.54, 1.807) is 11.8 Å². The Bertz CT molecular complexity index is 289. The molecule has 1 N–H and O–H groups in total. The van der Waals surface area contributed by atoms with Crippen molar-refractivity contribution < 1.29 is 9.63 Å². The molecule has 0 saturated carbocycles. The zero-order valence-electron chi connectivity index (χ0n) is 9.43. The number of aliphatic hydroxyl groups is 1. The van der Waals surface area contributed by atoms with Gasteiger partial charge in [0.1, 0.15) is 0 Å². The van der Waals surface area contributed by atoms with Gasteiger partial charge >= 0.3 is 0 Å². The van der Waals surface area contributed by atoms with Crippen LogP contribution in [0.15, 0.2) is 4.52 Å². The van der Waals surface area contributed by atoms with Gasteiger partial charge in [0, 0.05) is 17.8 Å². The van der Waals surface area contributed by atoms with Crippen LogP contribution in [0.2, 0.25) is 0 Å². The molecule has 1 aromatic heterocycles. The van der Waals surface area contributed by atoms with Crippen molar-refractivity contribution >= 4 is 11.8 Å². The number of aliphatic hydroxyl groups excluding tert-OH is 1. The summed E-state index contributed by atoms with van der Waals surface area (Å²) in [4.78, 5) is 4.28. The first-order valence-corrected chi connectivity index (χ1v) is 6.23. The van der Waals surface area contributed by atoms with Crippen LogP contribution >= 0.6 is 11.8 Å². The van der Waals surface area contributed by atoms with Gasteiger partial charge in [0.2, 0.25) is 5.89 Å². The highest BCUT2D eigenvalue weighted by Gasteiger charge is 2.11. The predicted octanol–water partition coefficient (Wildman–Crippen LogP) is 2.20. The second-order valence-electron chi connectivity index (χ2n) is 3.84. The third kappa shape index (κ3) is 4.22. The van der Waals surface area contributed by atoms with Crippen molar-refractivity contribution in [3.63, 3.8) is 0 Å². The largest absolute Gasteiger partial charge is 0.396 e. The average Bonchev–Trinajstić information content (AvgIpc) is 2.63. The van der Waals surface area contributed by atoms with E-state index in [4.69, 9.17) is 9.63 Å². The van der Waals surface area contributed by atoms with Crippen molar-refractivity contribution in [1.29, 1.82) is 0 Å². The van der Waals surface area contributed by atoms with E-state index in [0.717, 1.165) is 18.0 Å². The number of nitrogens with zero attached hydrogens (tertiary/aromatic N) is 2. The standard InChI is InChI=1S/C10H18N2O2S/c1-7(2)10-11-9(12-14-10)6-15-8(3)4-5-13/h7-8,13H,4-6H2,1-3H3. The Balaban J connectivity index is 2.37. The number of rotatable bonds is 6. The minimum atomic E-state index is 0.234. The number of hydrogen-bond donors (Lipinski definition) is 1. The molecular formula is C10H18N2O2S. The molecule has 1 unspecified atom stereocenters. The van der Waals surface area contributed by atoms with Gasteiger partial charge in [-0.15, -0.1) is 0 Å². The Kier molecular flexibility index (Phi) is 5.11. The molecule has 1 rings (SSSR count). The highest BCUT2D eigenvalue weighted by atomic mass is 32.2. The van der Waals surface area contributed by atoms with Crippen molar-refractivity contribution in [2.45, 2.75) is 44.1 Å². The molecule has 5 heteroatoms. The molecule has 0 aromatic carbocycles. The van der Waals surface area contributed by atoms with E-state index >= 15 is 0 Å². The molecule has 0 aliphatic heterocycles. The van der Waals surface area contributed by atoms with Crippen LogP contribution in [0, 0.1) is 0 Å². The second-order valence-corrected chi connectivity index (χ2v) is 5.26. The Morgan fingerprint density at radius 1 is 1.40 bits per heavy atom. The van der Waals surface area contributed by atoms with E-state index < -0.39 is 0 Å². The fraction of sp³-hybridized carbons (Fsp3) is 0.800. The monoisotopic (exact) mass is 230 g/mol. The van der Waals surface area contributed by atoms with E-state index in [2.05, 4.69) is 17.1 Å². The minimum absolute atomic E-state index is 0.234.